The van der Waals surface area contributed by atoms with Gasteiger partial charge in [-0.1, -0.05) is 13.8 Å². The molecule has 1 rings (SSSR count). The van der Waals surface area contributed by atoms with Crippen molar-refractivity contribution in [1.82, 2.24) is 16.2 Å². The number of nitrogens with one attached hydrogen (secondary N) is 3. The van der Waals surface area contributed by atoms with Gasteiger partial charge >= 0.3 is 6.09 Å². The van der Waals surface area contributed by atoms with Crippen LogP contribution in [0.3, 0.4) is 0 Å². The zero-order valence-corrected chi connectivity index (χ0v) is 14.2. The van der Waals surface area contributed by atoms with Gasteiger partial charge in [-0.05, 0) is 48.8 Å². The number of thiocarbonyl (C=S) groups is 1. The fraction of sp³-hybridized carbons (Fsp3) is 0.400. The first-order valence-corrected chi connectivity index (χ1v) is 7.51. The van der Waals surface area contributed by atoms with Gasteiger partial charge in [-0.15, -0.1) is 0 Å². The summed E-state index contributed by atoms with van der Waals surface area (Å²) in [5.41, 5.74) is 4.90. The van der Waals surface area contributed by atoms with Gasteiger partial charge in [0.05, 0.1) is 13.7 Å². The first-order valence-electron chi connectivity index (χ1n) is 7.10. The molecule has 0 aromatic heterocycles. The number of carbonyl (C=O) groups is 2. The highest BCUT2D eigenvalue weighted by molar-refractivity contribution is 7.80. The Hall–Kier alpha value is -2.35. The van der Waals surface area contributed by atoms with Crippen molar-refractivity contribution in [3.8, 4) is 5.75 Å². The molecule has 0 fully saturated rings. The van der Waals surface area contributed by atoms with Crippen molar-refractivity contribution in [2.45, 2.75) is 20.3 Å². The van der Waals surface area contributed by atoms with E-state index < -0.39 is 12.0 Å². The summed E-state index contributed by atoms with van der Waals surface area (Å²) in [6.07, 6.45) is 0.250. The van der Waals surface area contributed by atoms with Crippen molar-refractivity contribution in [3.63, 3.8) is 0 Å². The van der Waals surface area contributed by atoms with Crippen LogP contribution in [0.15, 0.2) is 24.3 Å². The average molecular weight is 339 g/mol. The van der Waals surface area contributed by atoms with Gasteiger partial charge in [0.25, 0.3) is 5.91 Å². The first kappa shape index (κ1) is 18.7. The molecule has 0 bridgehead atoms. The van der Waals surface area contributed by atoms with Crippen molar-refractivity contribution in [3.05, 3.63) is 29.8 Å². The number of benzene rings is 1. The average Bonchev–Trinajstić information content (AvgIpc) is 2.52. The second-order valence-corrected chi connectivity index (χ2v) is 5.49. The molecule has 23 heavy (non-hydrogen) atoms. The third-order valence-corrected chi connectivity index (χ3v) is 2.98. The van der Waals surface area contributed by atoms with E-state index in [1.165, 1.54) is 7.11 Å². The zero-order chi connectivity index (χ0) is 17.2. The summed E-state index contributed by atoms with van der Waals surface area (Å²) in [6.45, 7) is 4.89. The minimum absolute atomic E-state index is 0.0438. The minimum atomic E-state index is -0.718. The summed E-state index contributed by atoms with van der Waals surface area (Å²) < 4.78 is 9.93. The molecule has 7 nitrogen and oxygen atoms in total. The van der Waals surface area contributed by atoms with Gasteiger partial charge in [0.1, 0.15) is 5.75 Å². The lowest BCUT2D eigenvalue weighted by molar-refractivity contribution is 0.0975. The molecule has 0 atom stereocenters. The predicted molar refractivity (Wildman–Crippen MR) is 90.1 cm³/mol. The molecule has 0 saturated carbocycles. The Labute approximate surface area is 140 Å². The molecule has 0 unspecified atom stereocenters. The second-order valence-electron chi connectivity index (χ2n) is 5.08. The van der Waals surface area contributed by atoms with E-state index in [2.05, 4.69) is 34.8 Å². The third-order valence-electron chi connectivity index (χ3n) is 2.77. The van der Waals surface area contributed by atoms with E-state index in [4.69, 9.17) is 17.0 Å². The number of amides is 2. The third kappa shape index (κ3) is 7.46. The maximum absolute atomic E-state index is 12.0. The van der Waals surface area contributed by atoms with Gasteiger partial charge in [-0.2, -0.15) is 0 Å². The number of carbonyl (C=O) groups excluding carboxylic acids is 2. The molecule has 126 valence electrons. The SMILES string of the molecule is COC(=O)NNC(=S)NC(=O)c1ccc(OCCC(C)C)cc1. The molecule has 0 spiro atoms. The highest BCUT2D eigenvalue weighted by Gasteiger charge is 2.08. The molecular weight excluding hydrogens is 318 g/mol. The lowest BCUT2D eigenvalue weighted by atomic mass is 10.1. The van der Waals surface area contributed by atoms with Crippen molar-refractivity contribution in [2.24, 2.45) is 5.92 Å². The van der Waals surface area contributed by atoms with Crippen LogP contribution in [0, 0.1) is 5.92 Å². The van der Waals surface area contributed by atoms with Crippen molar-refractivity contribution >= 4 is 29.3 Å². The van der Waals surface area contributed by atoms with Gasteiger partial charge in [-0.3, -0.25) is 15.5 Å². The maximum Gasteiger partial charge on any atom is 0.425 e. The van der Waals surface area contributed by atoms with Gasteiger partial charge < -0.3 is 9.47 Å². The minimum Gasteiger partial charge on any atom is -0.494 e. The Morgan fingerprint density at radius 3 is 2.39 bits per heavy atom. The van der Waals surface area contributed by atoms with Crippen molar-refractivity contribution in [1.29, 1.82) is 0 Å². The van der Waals surface area contributed by atoms with Crippen molar-refractivity contribution < 1.29 is 19.1 Å². The smallest absolute Gasteiger partial charge is 0.425 e. The molecule has 3 N–H and O–H groups in total. The number of hydrogen-bond acceptors (Lipinski definition) is 5. The molecule has 0 aliphatic rings. The van der Waals surface area contributed by atoms with E-state index in [1.54, 1.807) is 24.3 Å². The summed E-state index contributed by atoms with van der Waals surface area (Å²) in [4.78, 5) is 22.8. The molecule has 0 heterocycles. The predicted octanol–water partition coefficient (Wildman–Crippen LogP) is 1.99. The topological polar surface area (TPSA) is 88.7 Å². The van der Waals surface area contributed by atoms with E-state index in [1.807, 2.05) is 0 Å². The number of hydrazine groups is 1. The molecule has 0 aliphatic carbocycles. The summed E-state index contributed by atoms with van der Waals surface area (Å²) in [5, 5.41) is 2.38. The number of rotatable bonds is 5. The summed E-state index contributed by atoms with van der Waals surface area (Å²) in [7, 11) is 1.21. The van der Waals surface area contributed by atoms with Crippen LogP contribution in [0.25, 0.3) is 0 Å². The highest BCUT2D eigenvalue weighted by atomic mass is 32.1. The lowest BCUT2D eigenvalue weighted by Gasteiger charge is -2.11. The van der Waals surface area contributed by atoms with Crippen LogP contribution in [0.1, 0.15) is 30.6 Å². The molecule has 0 radical (unpaired) electrons. The van der Waals surface area contributed by atoms with E-state index >= 15 is 0 Å². The maximum atomic E-state index is 12.0. The molecular formula is C15H21N3O4S. The number of methoxy groups -OCH3 is 1. The molecule has 0 saturated heterocycles. The standard InChI is InChI=1S/C15H21N3O4S/c1-10(2)8-9-22-12-6-4-11(5-7-12)13(19)16-14(23)17-18-15(20)21-3/h4-7,10H,8-9H2,1-3H3,(H,18,20)(H2,16,17,19,23). The lowest BCUT2D eigenvalue weighted by Crippen LogP contribution is -2.48. The quantitative estimate of drug-likeness (QED) is 0.562. The summed E-state index contributed by atoms with van der Waals surface area (Å²) in [6, 6.07) is 6.71. The van der Waals surface area contributed by atoms with Crippen LogP contribution >= 0.6 is 12.2 Å². The Kier molecular flexibility index (Phi) is 7.82. The molecule has 1 aromatic carbocycles. The van der Waals surface area contributed by atoms with Gasteiger partial charge in [0, 0.05) is 5.56 Å². The largest absolute Gasteiger partial charge is 0.494 e. The monoisotopic (exact) mass is 339 g/mol. The van der Waals surface area contributed by atoms with Gasteiger partial charge in [-0.25, -0.2) is 10.2 Å². The highest BCUT2D eigenvalue weighted by Crippen LogP contribution is 2.13. The molecule has 0 aliphatic heterocycles. The van der Waals surface area contributed by atoms with Crippen molar-refractivity contribution in [2.75, 3.05) is 13.7 Å². The van der Waals surface area contributed by atoms with Gasteiger partial charge in [0.2, 0.25) is 0 Å². The Bertz CT molecular complexity index is 546. The fourth-order valence-corrected chi connectivity index (χ4v) is 1.62. The van der Waals surface area contributed by atoms with Crippen LogP contribution in [0.4, 0.5) is 4.79 Å². The van der Waals surface area contributed by atoms with Crippen LogP contribution in [-0.4, -0.2) is 30.8 Å². The van der Waals surface area contributed by atoms with Crippen LogP contribution < -0.4 is 20.9 Å². The van der Waals surface area contributed by atoms with Crippen LogP contribution in [-0.2, 0) is 4.74 Å². The van der Waals surface area contributed by atoms with E-state index in [9.17, 15) is 9.59 Å². The number of ether oxygens (including phenoxy) is 2. The number of hydrogen-bond donors (Lipinski definition) is 3. The van der Waals surface area contributed by atoms with E-state index in [0.717, 1.165) is 6.42 Å². The Morgan fingerprint density at radius 2 is 1.83 bits per heavy atom. The Morgan fingerprint density at radius 1 is 1.17 bits per heavy atom. The summed E-state index contributed by atoms with van der Waals surface area (Å²) in [5.74, 6) is 0.880. The van der Waals surface area contributed by atoms with Gasteiger partial charge in [0.15, 0.2) is 5.11 Å². The fourth-order valence-electron chi connectivity index (χ4n) is 1.48. The second kappa shape index (κ2) is 9.62. The molecule has 8 heteroatoms. The van der Waals surface area contributed by atoms with Crippen LogP contribution in [0.5, 0.6) is 5.75 Å². The molecule has 2 amide bonds. The zero-order valence-electron chi connectivity index (χ0n) is 13.3. The van der Waals surface area contributed by atoms with E-state index in [-0.39, 0.29) is 5.11 Å². The Balaban J connectivity index is 2.44. The first-order chi connectivity index (χ1) is 10.9. The normalized spacial score (nSPS) is 9.91. The molecule has 1 aromatic rings. The van der Waals surface area contributed by atoms with Crippen LogP contribution in [0.2, 0.25) is 0 Å². The van der Waals surface area contributed by atoms with E-state index in [0.29, 0.717) is 23.8 Å². The summed E-state index contributed by atoms with van der Waals surface area (Å²) >= 11 is 4.87.